The summed E-state index contributed by atoms with van der Waals surface area (Å²) in [5, 5.41) is 20.4. The van der Waals surface area contributed by atoms with E-state index in [1.807, 2.05) is 0 Å². The molecule has 0 fully saturated rings. The molecule has 0 aliphatic carbocycles. The number of nitrogens with zero attached hydrogens (tertiary/aromatic N) is 3. The fourth-order valence-electron chi connectivity index (χ4n) is 2.63. The zero-order valence-corrected chi connectivity index (χ0v) is 12.3. The van der Waals surface area contributed by atoms with Crippen LogP contribution in [0.5, 0.6) is 11.6 Å². The average Bonchev–Trinajstić information content (AvgIpc) is 2.92. The average molecular weight is 305 g/mol. The smallest absolute Gasteiger partial charge is 0.333 e. The van der Waals surface area contributed by atoms with E-state index in [-0.39, 0.29) is 17.9 Å². The summed E-state index contributed by atoms with van der Waals surface area (Å²) in [7, 11) is 2.68. The van der Waals surface area contributed by atoms with Crippen LogP contribution in [0, 0.1) is 6.92 Å². The van der Waals surface area contributed by atoms with E-state index in [1.165, 1.54) is 14.1 Å². The van der Waals surface area contributed by atoms with Gasteiger partial charge >= 0.3 is 5.69 Å². The monoisotopic (exact) mass is 305 g/mol. The van der Waals surface area contributed by atoms with E-state index in [9.17, 15) is 19.8 Å². The van der Waals surface area contributed by atoms with E-state index in [2.05, 4.69) is 4.98 Å². The fraction of sp³-hybridized carbons (Fsp3) is 0.357. The van der Waals surface area contributed by atoms with Gasteiger partial charge in [-0.05, 0) is 6.92 Å². The number of fused-ring (bicyclic) bond motifs is 1. The van der Waals surface area contributed by atoms with Crippen LogP contribution in [-0.2, 0) is 25.4 Å². The number of aryl methyl sites for hydroxylation is 1. The Hall–Kier alpha value is -2.61. The number of pyridine rings is 1. The third-order valence-electron chi connectivity index (χ3n) is 3.96. The Morgan fingerprint density at radius 3 is 2.59 bits per heavy atom. The summed E-state index contributed by atoms with van der Waals surface area (Å²) in [6, 6.07) is 0. The van der Waals surface area contributed by atoms with Gasteiger partial charge in [0.1, 0.15) is 17.4 Å². The van der Waals surface area contributed by atoms with E-state index in [0.29, 0.717) is 16.8 Å². The largest absolute Gasteiger partial charge is 0.506 e. The maximum atomic E-state index is 12.4. The Labute approximate surface area is 124 Å². The Bertz CT molecular complexity index is 897. The van der Waals surface area contributed by atoms with Crippen LogP contribution in [0.2, 0.25) is 0 Å². The van der Waals surface area contributed by atoms with Crippen LogP contribution in [0.15, 0.2) is 15.8 Å². The summed E-state index contributed by atoms with van der Waals surface area (Å²) < 4.78 is 7.42. The molecule has 0 saturated heterocycles. The molecule has 3 rings (SSSR count). The van der Waals surface area contributed by atoms with Crippen molar-refractivity contribution >= 4 is 0 Å². The summed E-state index contributed by atoms with van der Waals surface area (Å²) in [6.07, 6.45) is 0.621. The third-order valence-corrected chi connectivity index (χ3v) is 3.96. The van der Waals surface area contributed by atoms with Gasteiger partial charge in [-0.2, -0.15) is 0 Å². The molecule has 0 amide bonds. The molecule has 8 heteroatoms. The van der Waals surface area contributed by atoms with E-state index >= 15 is 0 Å². The molecule has 0 saturated carbocycles. The number of ether oxygens (including phenoxy) is 1. The molecule has 2 N–H and O–H groups in total. The molecule has 1 atom stereocenters. The molecule has 8 nitrogen and oxygen atoms in total. The second kappa shape index (κ2) is 4.70. The van der Waals surface area contributed by atoms with Crippen LogP contribution < -0.4 is 11.2 Å². The van der Waals surface area contributed by atoms with Gasteiger partial charge in [0.05, 0.1) is 12.3 Å². The first-order valence-corrected chi connectivity index (χ1v) is 6.62. The number of hydrogen-bond acceptors (Lipinski definition) is 6. The molecule has 0 aromatic carbocycles. The van der Waals surface area contributed by atoms with E-state index < -0.39 is 23.2 Å². The minimum absolute atomic E-state index is 0.0738. The van der Waals surface area contributed by atoms with Gasteiger partial charge in [0.15, 0.2) is 0 Å². The van der Waals surface area contributed by atoms with Gasteiger partial charge in [-0.25, -0.2) is 4.79 Å². The van der Waals surface area contributed by atoms with Crippen molar-refractivity contribution in [1.29, 1.82) is 0 Å². The predicted octanol–water partition coefficient (Wildman–Crippen LogP) is -0.182. The standard InChI is InChI=1S/C14H15N3O5/c1-6-10(18)8-7(4-15-6)5-22-11(8)9-12(19)16(2)14(21)17(3)13(9)20/h4,11,18-19H,5H2,1-3H3/t11-/m0/s1. The Kier molecular flexibility index (Phi) is 3.06. The molecule has 0 spiro atoms. The predicted molar refractivity (Wildman–Crippen MR) is 75.9 cm³/mol. The zero-order valence-electron chi connectivity index (χ0n) is 12.3. The van der Waals surface area contributed by atoms with E-state index in [1.54, 1.807) is 13.1 Å². The molecule has 2 aromatic rings. The Morgan fingerprint density at radius 2 is 1.91 bits per heavy atom. The second-order valence-corrected chi connectivity index (χ2v) is 5.27. The molecule has 0 unspecified atom stereocenters. The highest BCUT2D eigenvalue weighted by Gasteiger charge is 2.34. The molecule has 1 aliphatic heterocycles. The highest BCUT2D eigenvalue weighted by atomic mass is 16.5. The highest BCUT2D eigenvalue weighted by molar-refractivity contribution is 5.49. The summed E-state index contributed by atoms with van der Waals surface area (Å²) in [5.74, 6) is -0.546. The van der Waals surface area contributed by atoms with Crippen molar-refractivity contribution in [3.8, 4) is 11.6 Å². The number of aromatic nitrogens is 3. The van der Waals surface area contributed by atoms with Gasteiger partial charge in [0, 0.05) is 31.4 Å². The molecule has 22 heavy (non-hydrogen) atoms. The normalized spacial score (nSPS) is 16.8. The van der Waals surface area contributed by atoms with Crippen LogP contribution in [0.3, 0.4) is 0 Å². The quantitative estimate of drug-likeness (QED) is 0.757. The molecule has 0 bridgehead atoms. The van der Waals surface area contributed by atoms with Crippen molar-refractivity contribution in [2.24, 2.45) is 14.1 Å². The lowest BCUT2D eigenvalue weighted by atomic mass is 10.00. The van der Waals surface area contributed by atoms with Gasteiger partial charge in [-0.1, -0.05) is 0 Å². The van der Waals surface area contributed by atoms with Crippen molar-refractivity contribution in [3.63, 3.8) is 0 Å². The highest BCUT2D eigenvalue weighted by Crippen LogP contribution is 2.42. The minimum Gasteiger partial charge on any atom is -0.506 e. The van der Waals surface area contributed by atoms with Crippen molar-refractivity contribution in [2.45, 2.75) is 19.6 Å². The molecule has 116 valence electrons. The maximum absolute atomic E-state index is 12.4. The SMILES string of the molecule is Cc1ncc2c(c1O)[C@@H](c1c(O)n(C)c(=O)n(C)c1=O)OC2. The third kappa shape index (κ3) is 1.77. The lowest BCUT2D eigenvalue weighted by Gasteiger charge is -2.16. The fourth-order valence-corrected chi connectivity index (χ4v) is 2.63. The van der Waals surface area contributed by atoms with Crippen molar-refractivity contribution in [1.82, 2.24) is 14.1 Å². The summed E-state index contributed by atoms with van der Waals surface area (Å²) in [4.78, 5) is 28.2. The van der Waals surface area contributed by atoms with Crippen molar-refractivity contribution in [3.05, 3.63) is 49.4 Å². The second-order valence-electron chi connectivity index (χ2n) is 5.27. The van der Waals surface area contributed by atoms with Crippen LogP contribution in [-0.4, -0.2) is 24.3 Å². The topological polar surface area (TPSA) is 107 Å². The Morgan fingerprint density at radius 1 is 1.23 bits per heavy atom. The first-order chi connectivity index (χ1) is 10.3. The van der Waals surface area contributed by atoms with Gasteiger partial charge in [0.2, 0.25) is 5.88 Å². The van der Waals surface area contributed by atoms with Crippen molar-refractivity contribution < 1.29 is 14.9 Å². The number of hydrogen-bond donors (Lipinski definition) is 2. The van der Waals surface area contributed by atoms with Gasteiger partial charge in [-0.3, -0.25) is 18.9 Å². The van der Waals surface area contributed by atoms with Crippen molar-refractivity contribution in [2.75, 3.05) is 0 Å². The maximum Gasteiger partial charge on any atom is 0.333 e. The first kappa shape index (κ1) is 14.3. The van der Waals surface area contributed by atoms with E-state index in [0.717, 1.165) is 9.13 Å². The van der Waals surface area contributed by atoms with Crippen LogP contribution in [0.4, 0.5) is 0 Å². The lowest BCUT2D eigenvalue weighted by Crippen LogP contribution is -2.39. The molecule has 0 radical (unpaired) electrons. The molecule has 3 heterocycles. The Balaban J connectivity index is 2.32. The van der Waals surface area contributed by atoms with E-state index in [4.69, 9.17) is 4.74 Å². The van der Waals surface area contributed by atoms with Gasteiger partial charge in [0.25, 0.3) is 5.56 Å². The lowest BCUT2D eigenvalue weighted by molar-refractivity contribution is 0.0885. The first-order valence-electron chi connectivity index (χ1n) is 6.62. The van der Waals surface area contributed by atoms with Crippen LogP contribution in [0.25, 0.3) is 0 Å². The van der Waals surface area contributed by atoms with Gasteiger partial charge < -0.3 is 14.9 Å². The summed E-state index contributed by atoms with van der Waals surface area (Å²) in [5.41, 5.74) is 0.0634. The number of aromatic hydroxyl groups is 2. The molecule has 2 aromatic heterocycles. The zero-order chi connectivity index (χ0) is 16.2. The molecular weight excluding hydrogens is 290 g/mol. The summed E-state index contributed by atoms with van der Waals surface area (Å²) >= 11 is 0. The summed E-state index contributed by atoms with van der Waals surface area (Å²) in [6.45, 7) is 1.79. The number of rotatable bonds is 1. The molecule has 1 aliphatic rings. The molecular formula is C14H15N3O5. The van der Waals surface area contributed by atoms with Crippen LogP contribution >= 0.6 is 0 Å². The van der Waals surface area contributed by atoms with Gasteiger partial charge in [-0.15, -0.1) is 0 Å². The van der Waals surface area contributed by atoms with Crippen LogP contribution in [0.1, 0.15) is 28.5 Å². The minimum atomic E-state index is -0.942.